The third-order valence-electron chi connectivity index (χ3n) is 3.19. The highest BCUT2D eigenvalue weighted by Gasteiger charge is 2.04. The molecule has 2 aromatic carbocycles. The first kappa shape index (κ1) is 14.3. The van der Waals surface area contributed by atoms with Gasteiger partial charge >= 0.3 is 0 Å². The van der Waals surface area contributed by atoms with Gasteiger partial charge in [-0.05, 0) is 42.3 Å². The van der Waals surface area contributed by atoms with Gasteiger partial charge in [-0.15, -0.1) is 0 Å². The van der Waals surface area contributed by atoms with E-state index < -0.39 is 0 Å². The Morgan fingerprint density at radius 2 is 2.18 bits per heavy atom. The van der Waals surface area contributed by atoms with Crippen molar-refractivity contribution < 1.29 is 9.84 Å². The molecule has 0 aliphatic carbocycles. The molecule has 3 aromatic rings. The summed E-state index contributed by atoms with van der Waals surface area (Å²) in [6, 6.07) is 11.1. The molecule has 0 radical (unpaired) electrons. The summed E-state index contributed by atoms with van der Waals surface area (Å²) in [5.41, 5.74) is 5.92. The number of phenolic OH excluding ortho intramolecular Hbond substituents is 1. The SMILES string of the molecule is COc1cc(/C=N/Nc2nc3cccc(C)c3s2)ccc1O. The lowest BCUT2D eigenvalue weighted by Crippen LogP contribution is -1.91. The number of aryl methyl sites for hydroxylation is 1. The van der Waals surface area contributed by atoms with E-state index in [1.807, 2.05) is 12.1 Å². The molecule has 1 aromatic heterocycles. The van der Waals surface area contributed by atoms with Gasteiger partial charge in [0, 0.05) is 0 Å². The molecule has 0 fully saturated rings. The van der Waals surface area contributed by atoms with Gasteiger partial charge in [0.1, 0.15) is 0 Å². The Balaban J connectivity index is 1.77. The van der Waals surface area contributed by atoms with Crippen molar-refractivity contribution in [3.05, 3.63) is 47.5 Å². The molecular formula is C16H15N3O2S. The van der Waals surface area contributed by atoms with Crippen LogP contribution in [-0.4, -0.2) is 23.4 Å². The molecule has 0 amide bonds. The number of anilines is 1. The Bertz CT molecular complexity index is 843. The normalized spacial score (nSPS) is 11.2. The number of nitrogens with zero attached hydrogens (tertiary/aromatic N) is 2. The molecule has 2 N–H and O–H groups in total. The smallest absolute Gasteiger partial charge is 0.204 e. The van der Waals surface area contributed by atoms with Crippen LogP contribution in [0.4, 0.5) is 5.13 Å². The molecule has 0 aliphatic heterocycles. The van der Waals surface area contributed by atoms with Gasteiger partial charge < -0.3 is 9.84 Å². The van der Waals surface area contributed by atoms with Crippen LogP contribution >= 0.6 is 11.3 Å². The second-order valence-electron chi connectivity index (χ2n) is 4.74. The van der Waals surface area contributed by atoms with Crippen LogP contribution in [0.3, 0.4) is 0 Å². The lowest BCUT2D eigenvalue weighted by Gasteiger charge is -2.03. The first-order valence-corrected chi connectivity index (χ1v) is 7.51. The highest BCUT2D eigenvalue weighted by Crippen LogP contribution is 2.28. The number of hydrogen-bond donors (Lipinski definition) is 2. The molecule has 0 saturated heterocycles. The van der Waals surface area contributed by atoms with E-state index in [0.717, 1.165) is 20.9 Å². The van der Waals surface area contributed by atoms with Gasteiger partial charge in [0.2, 0.25) is 5.13 Å². The van der Waals surface area contributed by atoms with Crippen LogP contribution in [0.5, 0.6) is 11.5 Å². The summed E-state index contributed by atoms with van der Waals surface area (Å²) in [4.78, 5) is 4.48. The van der Waals surface area contributed by atoms with Crippen molar-refractivity contribution in [1.29, 1.82) is 0 Å². The van der Waals surface area contributed by atoms with E-state index in [0.29, 0.717) is 5.75 Å². The number of nitrogens with one attached hydrogen (secondary N) is 1. The minimum Gasteiger partial charge on any atom is -0.504 e. The molecule has 0 spiro atoms. The number of hydrogen-bond acceptors (Lipinski definition) is 6. The molecule has 22 heavy (non-hydrogen) atoms. The monoisotopic (exact) mass is 313 g/mol. The lowest BCUT2D eigenvalue weighted by atomic mass is 10.2. The summed E-state index contributed by atoms with van der Waals surface area (Å²) in [5, 5.41) is 14.5. The van der Waals surface area contributed by atoms with Gasteiger partial charge in [0.25, 0.3) is 0 Å². The molecule has 3 rings (SSSR count). The second-order valence-corrected chi connectivity index (χ2v) is 5.74. The Morgan fingerprint density at radius 1 is 1.32 bits per heavy atom. The number of aromatic hydroxyl groups is 1. The fourth-order valence-corrected chi connectivity index (χ4v) is 2.95. The summed E-state index contributed by atoms with van der Waals surface area (Å²) in [5.74, 6) is 0.522. The number of methoxy groups -OCH3 is 1. The van der Waals surface area contributed by atoms with Gasteiger partial charge in [0.05, 0.1) is 23.5 Å². The van der Waals surface area contributed by atoms with E-state index >= 15 is 0 Å². The van der Waals surface area contributed by atoms with E-state index in [9.17, 15) is 5.11 Å². The zero-order valence-electron chi connectivity index (χ0n) is 12.2. The van der Waals surface area contributed by atoms with E-state index in [1.54, 1.807) is 35.8 Å². The lowest BCUT2D eigenvalue weighted by molar-refractivity contribution is 0.373. The summed E-state index contributed by atoms with van der Waals surface area (Å²) in [6.45, 7) is 2.07. The van der Waals surface area contributed by atoms with Crippen LogP contribution < -0.4 is 10.2 Å². The predicted molar refractivity (Wildman–Crippen MR) is 90.2 cm³/mol. The molecule has 5 nitrogen and oxygen atoms in total. The fraction of sp³-hybridized carbons (Fsp3) is 0.125. The van der Waals surface area contributed by atoms with Crippen LogP contribution in [0.25, 0.3) is 10.2 Å². The molecule has 0 saturated carbocycles. The highest BCUT2D eigenvalue weighted by molar-refractivity contribution is 7.22. The van der Waals surface area contributed by atoms with Gasteiger partial charge in [-0.3, -0.25) is 5.43 Å². The summed E-state index contributed by atoms with van der Waals surface area (Å²) < 4.78 is 6.22. The Morgan fingerprint density at radius 3 is 2.95 bits per heavy atom. The van der Waals surface area contributed by atoms with Crippen molar-refractivity contribution >= 4 is 32.9 Å². The number of aromatic nitrogens is 1. The molecule has 112 valence electrons. The Labute approximate surface area is 131 Å². The number of thiazole rings is 1. The maximum Gasteiger partial charge on any atom is 0.204 e. The molecular weight excluding hydrogens is 298 g/mol. The molecule has 0 unspecified atom stereocenters. The third-order valence-corrected chi connectivity index (χ3v) is 4.30. The van der Waals surface area contributed by atoms with Gasteiger partial charge in [0.15, 0.2) is 11.5 Å². The molecule has 0 atom stereocenters. The zero-order valence-corrected chi connectivity index (χ0v) is 13.0. The maximum absolute atomic E-state index is 9.55. The standard InChI is InChI=1S/C16H15N3O2S/c1-10-4-3-5-12-15(10)22-16(18-12)19-17-9-11-6-7-13(20)14(8-11)21-2/h3-9,20H,1-2H3,(H,18,19)/b17-9+. The zero-order chi connectivity index (χ0) is 15.5. The quantitative estimate of drug-likeness (QED) is 0.568. The van der Waals surface area contributed by atoms with Crippen LogP contribution in [0.2, 0.25) is 0 Å². The van der Waals surface area contributed by atoms with Crippen molar-refractivity contribution in [2.75, 3.05) is 12.5 Å². The minimum atomic E-state index is 0.106. The van der Waals surface area contributed by atoms with E-state index in [-0.39, 0.29) is 5.75 Å². The highest BCUT2D eigenvalue weighted by atomic mass is 32.1. The summed E-state index contributed by atoms with van der Waals surface area (Å²) in [7, 11) is 1.51. The van der Waals surface area contributed by atoms with Crippen molar-refractivity contribution in [3.63, 3.8) is 0 Å². The number of phenols is 1. The van der Waals surface area contributed by atoms with Gasteiger partial charge in [-0.2, -0.15) is 5.10 Å². The number of ether oxygens (including phenoxy) is 1. The van der Waals surface area contributed by atoms with Crippen molar-refractivity contribution in [3.8, 4) is 11.5 Å². The number of fused-ring (bicyclic) bond motifs is 1. The molecule has 6 heteroatoms. The largest absolute Gasteiger partial charge is 0.504 e. The average molecular weight is 313 g/mol. The minimum absolute atomic E-state index is 0.106. The van der Waals surface area contributed by atoms with E-state index in [1.165, 1.54) is 12.7 Å². The number of hydrazone groups is 1. The van der Waals surface area contributed by atoms with Gasteiger partial charge in [-0.25, -0.2) is 4.98 Å². The Kier molecular flexibility index (Phi) is 3.93. The summed E-state index contributed by atoms with van der Waals surface area (Å²) in [6.07, 6.45) is 1.65. The van der Waals surface area contributed by atoms with Crippen LogP contribution in [-0.2, 0) is 0 Å². The van der Waals surface area contributed by atoms with E-state index in [4.69, 9.17) is 4.74 Å². The third kappa shape index (κ3) is 2.87. The average Bonchev–Trinajstić information content (AvgIpc) is 2.93. The first-order valence-electron chi connectivity index (χ1n) is 6.69. The van der Waals surface area contributed by atoms with Gasteiger partial charge in [-0.1, -0.05) is 23.5 Å². The van der Waals surface area contributed by atoms with E-state index in [2.05, 4.69) is 28.5 Å². The summed E-state index contributed by atoms with van der Waals surface area (Å²) >= 11 is 1.57. The van der Waals surface area contributed by atoms with Crippen LogP contribution in [0, 0.1) is 6.92 Å². The number of benzene rings is 2. The molecule has 0 bridgehead atoms. The second kappa shape index (κ2) is 6.03. The maximum atomic E-state index is 9.55. The molecule has 0 aliphatic rings. The van der Waals surface area contributed by atoms with Crippen molar-refractivity contribution in [2.45, 2.75) is 6.92 Å². The fourth-order valence-electron chi connectivity index (χ4n) is 2.07. The predicted octanol–water partition coefficient (Wildman–Crippen LogP) is 3.76. The Hall–Kier alpha value is -2.60. The van der Waals surface area contributed by atoms with Crippen molar-refractivity contribution in [1.82, 2.24) is 4.98 Å². The van der Waals surface area contributed by atoms with Crippen LogP contribution in [0.1, 0.15) is 11.1 Å². The molecule has 1 heterocycles. The number of rotatable bonds is 4. The van der Waals surface area contributed by atoms with Crippen molar-refractivity contribution in [2.24, 2.45) is 5.10 Å². The topological polar surface area (TPSA) is 66.7 Å². The first-order chi connectivity index (χ1) is 10.7. The van der Waals surface area contributed by atoms with Crippen LogP contribution in [0.15, 0.2) is 41.5 Å².